The van der Waals surface area contributed by atoms with E-state index in [1.165, 1.54) is 18.4 Å². The Balaban J connectivity index is 1.71. The summed E-state index contributed by atoms with van der Waals surface area (Å²) in [4.78, 5) is 13.1. The number of rotatable bonds is 4. The number of sulfone groups is 1. The van der Waals surface area contributed by atoms with E-state index in [0.717, 1.165) is 27.9 Å². The van der Waals surface area contributed by atoms with Gasteiger partial charge in [-0.15, -0.1) is 0 Å². The molecule has 1 atom stereocenters. The van der Waals surface area contributed by atoms with Crippen LogP contribution in [0.1, 0.15) is 18.1 Å². The molecule has 0 saturated heterocycles. The fourth-order valence-electron chi connectivity index (χ4n) is 3.75. The van der Waals surface area contributed by atoms with Gasteiger partial charge in [0.1, 0.15) is 5.82 Å². The summed E-state index contributed by atoms with van der Waals surface area (Å²) in [7, 11) is -3.27. The summed E-state index contributed by atoms with van der Waals surface area (Å²) in [6.45, 7) is 1.88. The molecular formula is C23H20FNO3S. The van der Waals surface area contributed by atoms with E-state index in [-0.39, 0.29) is 16.6 Å². The fourth-order valence-corrected chi connectivity index (χ4v) is 4.38. The van der Waals surface area contributed by atoms with Gasteiger partial charge in [0.25, 0.3) is 0 Å². The molecule has 1 aliphatic rings. The summed E-state index contributed by atoms with van der Waals surface area (Å²) in [6.07, 6.45) is 1.60. The Morgan fingerprint density at radius 3 is 2.17 bits per heavy atom. The molecule has 0 saturated carbocycles. The number of nitrogens with one attached hydrogen (secondary N) is 1. The largest absolute Gasteiger partial charge is 0.325 e. The van der Waals surface area contributed by atoms with Crippen molar-refractivity contribution in [2.24, 2.45) is 0 Å². The van der Waals surface area contributed by atoms with Gasteiger partial charge >= 0.3 is 0 Å². The van der Waals surface area contributed by atoms with E-state index in [0.29, 0.717) is 6.42 Å². The smallest absolute Gasteiger partial charge is 0.235 e. The lowest BCUT2D eigenvalue weighted by molar-refractivity contribution is -0.120. The summed E-state index contributed by atoms with van der Waals surface area (Å²) in [6, 6.07) is 18.6. The van der Waals surface area contributed by atoms with E-state index in [9.17, 15) is 17.6 Å². The number of benzene rings is 3. The van der Waals surface area contributed by atoms with Crippen molar-refractivity contribution in [2.75, 3.05) is 11.6 Å². The maximum Gasteiger partial charge on any atom is 0.235 e. The highest BCUT2D eigenvalue weighted by atomic mass is 32.2. The van der Waals surface area contributed by atoms with Gasteiger partial charge < -0.3 is 5.32 Å². The molecule has 1 aliphatic heterocycles. The Morgan fingerprint density at radius 1 is 0.931 bits per heavy atom. The Kier molecular flexibility index (Phi) is 4.54. The normalized spacial score (nSPS) is 18.4. The monoisotopic (exact) mass is 409 g/mol. The number of hydrogen-bond acceptors (Lipinski definition) is 3. The van der Waals surface area contributed by atoms with Crippen LogP contribution in [0.3, 0.4) is 0 Å². The minimum Gasteiger partial charge on any atom is -0.325 e. The van der Waals surface area contributed by atoms with Crippen molar-refractivity contribution < 1.29 is 17.6 Å². The minimum atomic E-state index is -3.27. The van der Waals surface area contributed by atoms with E-state index in [4.69, 9.17) is 0 Å². The molecule has 4 nitrogen and oxygen atoms in total. The molecule has 0 bridgehead atoms. The van der Waals surface area contributed by atoms with Crippen LogP contribution in [0.4, 0.5) is 10.1 Å². The Bertz CT molecular complexity index is 1200. The Hall–Kier alpha value is -2.99. The molecule has 1 N–H and O–H groups in total. The third-order valence-corrected chi connectivity index (χ3v) is 6.58. The zero-order chi connectivity index (χ0) is 20.8. The number of carbonyl (C=O) groups is 1. The highest BCUT2D eigenvalue weighted by molar-refractivity contribution is 7.90. The average Bonchev–Trinajstić information content (AvgIpc) is 2.92. The van der Waals surface area contributed by atoms with Crippen molar-refractivity contribution in [3.8, 4) is 11.1 Å². The molecule has 0 radical (unpaired) electrons. The molecule has 1 amide bonds. The lowest BCUT2D eigenvalue weighted by atomic mass is 9.77. The number of halogens is 1. The van der Waals surface area contributed by atoms with Gasteiger partial charge in [0.05, 0.1) is 10.3 Å². The molecule has 1 unspecified atom stereocenters. The van der Waals surface area contributed by atoms with E-state index in [1.54, 1.807) is 36.4 Å². The molecule has 6 heteroatoms. The van der Waals surface area contributed by atoms with Crippen LogP contribution in [0, 0.1) is 5.82 Å². The summed E-state index contributed by atoms with van der Waals surface area (Å²) in [5.41, 5.74) is 3.48. The van der Waals surface area contributed by atoms with E-state index in [2.05, 4.69) is 5.32 Å². The molecule has 3 aromatic carbocycles. The summed E-state index contributed by atoms with van der Waals surface area (Å²) in [5.74, 6) is -0.398. The average molecular weight is 409 g/mol. The highest BCUT2D eigenvalue weighted by Gasteiger charge is 2.42. The fraction of sp³-hybridized carbons (Fsp3) is 0.174. The lowest BCUT2D eigenvalue weighted by Crippen LogP contribution is -2.33. The first-order valence-corrected chi connectivity index (χ1v) is 11.1. The van der Waals surface area contributed by atoms with Crippen LogP contribution in [-0.4, -0.2) is 20.6 Å². The van der Waals surface area contributed by atoms with Gasteiger partial charge in [-0.05, 0) is 72.0 Å². The second-order valence-corrected chi connectivity index (χ2v) is 9.66. The Labute approximate surface area is 169 Å². The third-order valence-electron chi connectivity index (χ3n) is 5.45. The molecule has 0 fully saturated rings. The van der Waals surface area contributed by atoms with Gasteiger partial charge in [0.15, 0.2) is 9.84 Å². The number of anilines is 1. The van der Waals surface area contributed by atoms with Gasteiger partial charge in [0, 0.05) is 11.9 Å². The van der Waals surface area contributed by atoms with Gasteiger partial charge in [0.2, 0.25) is 5.91 Å². The quantitative estimate of drug-likeness (QED) is 0.697. The zero-order valence-electron chi connectivity index (χ0n) is 16.1. The molecule has 4 rings (SSSR count). The van der Waals surface area contributed by atoms with Gasteiger partial charge in [-0.1, -0.05) is 30.3 Å². The first kappa shape index (κ1) is 19.3. The van der Waals surface area contributed by atoms with Crippen molar-refractivity contribution in [3.63, 3.8) is 0 Å². The van der Waals surface area contributed by atoms with Crippen LogP contribution < -0.4 is 5.32 Å². The van der Waals surface area contributed by atoms with E-state index < -0.39 is 15.3 Å². The van der Waals surface area contributed by atoms with Gasteiger partial charge in [-0.25, -0.2) is 12.8 Å². The first-order chi connectivity index (χ1) is 13.7. The van der Waals surface area contributed by atoms with Crippen molar-refractivity contribution in [1.82, 2.24) is 0 Å². The topological polar surface area (TPSA) is 63.2 Å². The zero-order valence-corrected chi connectivity index (χ0v) is 16.9. The molecule has 148 valence electrons. The summed E-state index contributed by atoms with van der Waals surface area (Å²) >= 11 is 0. The van der Waals surface area contributed by atoms with Crippen LogP contribution in [0.15, 0.2) is 71.6 Å². The Morgan fingerprint density at radius 2 is 1.55 bits per heavy atom. The summed E-state index contributed by atoms with van der Waals surface area (Å²) < 4.78 is 36.6. The van der Waals surface area contributed by atoms with Gasteiger partial charge in [-0.2, -0.15) is 0 Å². The molecule has 1 heterocycles. The number of hydrogen-bond donors (Lipinski definition) is 1. The predicted octanol–water partition coefficient (Wildman–Crippen LogP) is 4.35. The van der Waals surface area contributed by atoms with Crippen molar-refractivity contribution in [1.29, 1.82) is 0 Å². The van der Waals surface area contributed by atoms with Crippen LogP contribution in [-0.2, 0) is 26.5 Å². The van der Waals surface area contributed by atoms with Crippen molar-refractivity contribution in [2.45, 2.75) is 23.7 Å². The van der Waals surface area contributed by atoms with Crippen molar-refractivity contribution >= 4 is 21.4 Å². The lowest BCUT2D eigenvalue weighted by Gasteiger charge is -2.23. The SMILES string of the molecule is CC1(Cc2ccc(S(C)(=O)=O)cc2)C(=O)Nc2ccc(-c3ccc(F)cc3)cc21. The number of fused-ring (bicyclic) bond motifs is 1. The molecule has 3 aromatic rings. The third kappa shape index (κ3) is 3.56. The second-order valence-electron chi connectivity index (χ2n) is 7.65. The van der Waals surface area contributed by atoms with E-state index in [1.807, 2.05) is 25.1 Å². The minimum absolute atomic E-state index is 0.101. The van der Waals surface area contributed by atoms with Crippen LogP contribution in [0.2, 0.25) is 0 Å². The maximum atomic E-state index is 13.2. The standard InChI is InChI=1S/C23H20FNO3S/c1-23(14-15-3-10-19(11-4-15)29(2,27)28)20-13-17(7-12-21(20)25-22(23)26)16-5-8-18(24)9-6-16/h3-13H,14H2,1-2H3,(H,25,26). The number of carbonyl (C=O) groups excluding carboxylic acids is 1. The van der Waals surface area contributed by atoms with Crippen LogP contribution >= 0.6 is 0 Å². The molecular weight excluding hydrogens is 389 g/mol. The summed E-state index contributed by atoms with van der Waals surface area (Å²) in [5, 5.41) is 2.94. The molecule has 0 aromatic heterocycles. The maximum absolute atomic E-state index is 13.2. The molecule has 29 heavy (non-hydrogen) atoms. The number of amides is 1. The van der Waals surface area contributed by atoms with E-state index >= 15 is 0 Å². The van der Waals surface area contributed by atoms with Crippen LogP contribution in [0.25, 0.3) is 11.1 Å². The highest BCUT2D eigenvalue weighted by Crippen LogP contribution is 2.42. The van der Waals surface area contributed by atoms with Crippen LogP contribution in [0.5, 0.6) is 0 Å². The first-order valence-electron chi connectivity index (χ1n) is 9.18. The van der Waals surface area contributed by atoms with Crippen molar-refractivity contribution in [3.05, 3.63) is 83.7 Å². The second kappa shape index (κ2) is 6.81. The van der Waals surface area contributed by atoms with Gasteiger partial charge in [-0.3, -0.25) is 4.79 Å². The predicted molar refractivity (Wildman–Crippen MR) is 111 cm³/mol. The molecule has 0 aliphatic carbocycles. The molecule has 0 spiro atoms.